The molecule has 4 aromatic rings. The number of nitrogens with one attached hydrogen (secondary N) is 1. The smallest absolute Gasteiger partial charge is 0.262 e. The van der Waals surface area contributed by atoms with Gasteiger partial charge in [-0.3, -0.25) is 14.2 Å². The molecular formula is C27H27N3O2S. The number of thioether (sulfide) groups is 1. The van der Waals surface area contributed by atoms with E-state index in [-0.39, 0.29) is 17.2 Å². The largest absolute Gasteiger partial charge is 0.325 e. The minimum absolute atomic E-state index is 0.0508. The van der Waals surface area contributed by atoms with Crippen LogP contribution in [-0.4, -0.2) is 21.2 Å². The molecular weight excluding hydrogens is 430 g/mol. The van der Waals surface area contributed by atoms with Crippen molar-refractivity contribution in [2.24, 2.45) is 0 Å². The number of hydrogen-bond acceptors (Lipinski definition) is 4. The maximum atomic E-state index is 13.0. The Bertz CT molecular complexity index is 1300. The van der Waals surface area contributed by atoms with E-state index in [9.17, 15) is 9.59 Å². The molecule has 6 heteroatoms. The highest BCUT2D eigenvalue weighted by atomic mass is 32.2. The number of carbonyl (C=O) groups excluding carboxylic acids is 1. The van der Waals surface area contributed by atoms with Gasteiger partial charge in [0.25, 0.3) is 5.56 Å². The number of aromatic nitrogens is 2. The maximum absolute atomic E-state index is 13.0. The van der Waals surface area contributed by atoms with E-state index in [1.165, 1.54) is 17.3 Å². The van der Waals surface area contributed by atoms with Crippen LogP contribution in [0.5, 0.6) is 0 Å². The van der Waals surface area contributed by atoms with Crippen LogP contribution in [0.4, 0.5) is 5.69 Å². The molecule has 0 fully saturated rings. The minimum atomic E-state index is -0.120. The average molecular weight is 458 g/mol. The van der Waals surface area contributed by atoms with E-state index in [0.29, 0.717) is 22.6 Å². The molecule has 5 nitrogen and oxygen atoms in total. The summed E-state index contributed by atoms with van der Waals surface area (Å²) in [6.07, 6.45) is 2.60. The number of unbranched alkanes of at least 4 members (excludes halogenated alkanes) is 1. The number of anilines is 1. The Morgan fingerprint density at radius 1 is 0.970 bits per heavy atom. The Morgan fingerprint density at radius 2 is 1.70 bits per heavy atom. The lowest BCUT2D eigenvalue weighted by atomic mass is 10.0. The Hall–Kier alpha value is -3.38. The van der Waals surface area contributed by atoms with Crippen molar-refractivity contribution in [3.8, 4) is 0 Å². The zero-order valence-electron chi connectivity index (χ0n) is 18.7. The van der Waals surface area contributed by atoms with Crippen molar-refractivity contribution in [1.82, 2.24) is 9.55 Å². The number of hydrogen-bond donors (Lipinski definition) is 1. The number of amides is 1. The summed E-state index contributed by atoms with van der Waals surface area (Å²) in [7, 11) is 0. The van der Waals surface area contributed by atoms with E-state index in [0.717, 1.165) is 30.5 Å². The molecule has 0 bridgehead atoms. The number of nitrogens with zero attached hydrogens (tertiary/aromatic N) is 2. The first kappa shape index (κ1) is 22.8. The SMILES string of the molecule is CCCCn1c(SCC(=O)Nc2ccccc2Cc2ccccc2)nc2ccccc2c1=O. The van der Waals surface area contributed by atoms with E-state index < -0.39 is 0 Å². The van der Waals surface area contributed by atoms with E-state index >= 15 is 0 Å². The van der Waals surface area contributed by atoms with Crippen molar-refractivity contribution < 1.29 is 4.79 Å². The molecule has 0 aliphatic heterocycles. The third-order valence-electron chi connectivity index (χ3n) is 5.42. The lowest BCUT2D eigenvalue weighted by molar-refractivity contribution is -0.113. The van der Waals surface area contributed by atoms with Gasteiger partial charge in [0, 0.05) is 12.2 Å². The molecule has 168 valence electrons. The summed E-state index contributed by atoms with van der Waals surface area (Å²) in [5.41, 5.74) is 3.66. The normalized spacial score (nSPS) is 10.9. The van der Waals surface area contributed by atoms with Crippen molar-refractivity contribution in [3.05, 3.63) is 100 Å². The monoisotopic (exact) mass is 457 g/mol. The highest BCUT2D eigenvalue weighted by Crippen LogP contribution is 2.22. The third-order valence-corrected chi connectivity index (χ3v) is 6.40. The number of fused-ring (bicyclic) bond motifs is 1. The van der Waals surface area contributed by atoms with Crippen LogP contribution in [0.1, 0.15) is 30.9 Å². The quantitative estimate of drug-likeness (QED) is 0.266. The van der Waals surface area contributed by atoms with Gasteiger partial charge in [0.15, 0.2) is 5.16 Å². The van der Waals surface area contributed by atoms with Crippen molar-refractivity contribution >= 4 is 34.3 Å². The molecule has 33 heavy (non-hydrogen) atoms. The Kier molecular flexibility index (Phi) is 7.58. The molecule has 0 saturated carbocycles. The van der Waals surface area contributed by atoms with Crippen molar-refractivity contribution in [2.75, 3.05) is 11.1 Å². The van der Waals surface area contributed by atoms with Gasteiger partial charge >= 0.3 is 0 Å². The summed E-state index contributed by atoms with van der Waals surface area (Å²) in [6.45, 7) is 2.68. The molecule has 0 atom stereocenters. The van der Waals surface area contributed by atoms with Crippen molar-refractivity contribution in [3.63, 3.8) is 0 Å². The van der Waals surface area contributed by atoms with Crippen LogP contribution < -0.4 is 10.9 Å². The molecule has 0 spiro atoms. The van der Waals surface area contributed by atoms with E-state index in [2.05, 4.69) is 29.4 Å². The van der Waals surface area contributed by atoms with Crippen LogP contribution in [0.2, 0.25) is 0 Å². The third kappa shape index (κ3) is 5.71. The van der Waals surface area contributed by atoms with Crippen LogP contribution in [-0.2, 0) is 17.8 Å². The lowest BCUT2D eigenvalue weighted by Crippen LogP contribution is -2.24. The first-order valence-electron chi connectivity index (χ1n) is 11.2. The van der Waals surface area contributed by atoms with Crippen molar-refractivity contribution in [2.45, 2.75) is 37.9 Å². The van der Waals surface area contributed by atoms with Gasteiger partial charge in [0.05, 0.1) is 16.7 Å². The van der Waals surface area contributed by atoms with Gasteiger partial charge in [0.2, 0.25) is 5.91 Å². The zero-order valence-corrected chi connectivity index (χ0v) is 19.5. The highest BCUT2D eigenvalue weighted by molar-refractivity contribution is 7.99. The van der Waals surface area contributed by atoms with Gasteiger partial charge in [0.1, 0.15) is 0 Å². The second-order valence-corrected chi connectivity index (χ2v) is 8.82. The molecule has 1 N–H and O–H groups in total. The number of benzene rings is 3. The first-order valence-corrected chi connectivity index (χ1v) is 12.2. The molecule has 0 radical (unpaired) electrons. The van der Waals surface area contributed by atoms with E-state index in [1.807, 2.05) is 60.7 Å². The molecule has 0 aliphatic carbocycles. The fraction of sp³-hybridized carbons (Fsp3) is 0.222. The second kappa shape index (κ2) is 11.0. The summed E-state index contributed by atoms with van der Waals surface area (Å²) in [5, 5.41) is 4.23. The van der Waals surface area contributed by atoms with Crippen LogP contribution in [0, 0.1) is 0 Å². The molecule has 0 aliphatic rings. The summed E-state index contributed by atoms with van der Waals surface area (Å²) in [4.78, 5) is 30.5. The van der Waals surface area contributed by atoms with Crippen LogP contribution >= 0.6 is 11.8 Å². The molecule has 1 aromatic heterocycles. The Labute approximate surface area is 197 Å². The van der Waals surface area contributed by atoms with E-state index in [1.54, 1.807) is 10.6 Å². The standard InChI is InChI=1S/C27H27N3O2S/c1-2-3-17-30-26(32)22-14-8-10-16-24(22)29-27(30)33-19-25(31)28-23-15-9-7-13-21(23)18-20-11-5-4-6-12-20/h4-16H,2-3,17-19H2,1H3,(H,28,31). The molecule has 1 amide bonds. The lowest BCUT2D eigenvalue weighted by Gasteiger charge is -2.14. The van der Waals surface area contributed by atoms with Gasteiger partial charge in [-0.1, -0.05) is 85.8 Å². The zero-order chi connectivity index (χ0) is 23.0. The fourth-order valence-corrected chi connectivity index (χ4v) is 4.53. The van der Waals surface area contributed by atoms with Crippen molar-refractivity contribution in [1.29, 1.82) is 0 Å². The number of rotatable bonds is 9. The summed E-state index contributed by atoms with van der Waals surface area (Å²) >= 11 is 1.30. The van der Waals surface area contributed by atoms with E-state index in [4.69, 9.17) is 0 Å². The van der Waals surface area contributed by atoms with Gasteiger partial charge in [-0.15, -0.1) is 0 Å². The molecule has 4 rings (SSSR count). The van der Waals surface area contributed by atoms with Gasteiger partial charge in [-0.05, 0) is 42.2 Å². The summed E-state index contributed by atoms with van der Waals surface area (Å²) < 4.78 is 1.70. The number of para-hydroxylation sites is 2. The fourth-order valence-electron chi connectivity index (χ4n) is 3.70. The summed E-state index contributed by atoms with van der Waals surface area (Å²) in [6, 6.07) is 25.4. The summed E-state index contributed by atoms with van der Waals surface area (Å²) in [5.74, 6) is 0.0568. The van der Waals surface area contributed by atoms with Gasteiger partial charge in [-0.25, -0.2) is 4.98 Å². The second-order valence-electron chi connectivity index (χ2n) is 7.88. The average Bonchev–Trinajstić information content (AvgIpc) is 2.84. The highest BCUT2D eigenvalue weighted by Gasteiger charge is 2.14. The van der Waals surface area contributed by atoms with Gasteiger partial charge in [-0.2, -0.15) is 0 Å². The molecule has 0 unspecified atom stereocenters. The molecule has 0 saturated heterocycles. The van der Waals surface area contributed by atoms with Crippen LogP contribution in [0.25, 0.3) is 10.9 Å². The minimum Gasteiger partial charge on any atom is -0.325 e. The Balaban J connectivity index is 1.50. The molecule has 3 aromatic carbocycles. The predicted octanol–water partition coefficient (Wildman–Crippen LogP) is 5.52. The first-order chi connectivity index (χ1) is 16.2. The molecule has 1 heterocycles. The Morgan fingerprint density at radius 3 is 2.52 bits per heavy atom. The number of carbonyl (C=O) groups is 1. The maximum Gasteiger partial charge on any atom is 0.262 e. The van der Waals surface area contributed by atoms with Gasteiger partial charge < -0.3 is 5.32 Å². The topological polar surface area (TPSA) is 64.0 Å². The van der Waals surface area contributed by atoms with Crippen LogP contribution in [0.3, 0.4) is 0 Å². The predicted molar refractivity (Wildman–Crippen MR) is 136 cm³/mol. The van der Waals surface area contributed by atoms with Crippen LogP contribution in [0.15, 0.2) is 88.8 Å².